The molecule has 0 N–H and O–H groups in total. The SMILES string of the molecule is CC(=O)c1ccc(C2CC(c3ccccc3)=CC(C)(C)O2)cc1. The second kappa shape index (κ2) is 6.13. The average molecular weight is 306 g/mol. The van der Waals surface area contributed by atoms with Crippen LogP contribution >= 0.6 is 0 Å². The predicted molar refractivity (Wildman–Crippen MR) is 93.4 cm³/mol. The molecule has 0 aliphatic carbocycles. The van der Waals surface area contributed by atoms with Gasteiger partial charge < -0.3 is 4.74 Å². The standard InChI is InChI=1S/C21H22O2/c1-15(22)16-9-11-18(12-10-16)20-13-19(14-21(2,3)23-20)17-7-5-4-6-8-17/h4-12,14,20H,13H2,1-3H3. The first-order valence-corrected chi connectivity index (χ1v) is 8.00. The molecule has 2 aromatic carbocycles. The van der Waals surface area contributed by atoms with Crippen molar-refractivity contribution >= 4 is 11.4 Å². The fourth-order valence-electron chi connectivity index (χ4n) is 3.09. The summed E-state index contributed by atoms with van der Waals surface area (Å²) in [6, 6.07) is 18.2. The van der Waals surface area contributed by atoms with Crippen LogP contribution in [-0.2, 0) is 4.74 Å². The third-order valence-electron chi connectivity index (χ3n) is 4.21. The number of carbonyl (C=O) groups is 1. The van der Waals surface area contributed by atoms with Gasteiger partial charge in [0.1, 0.15) is 0 Å². The molecule has 0 bridgehead atoms. The molecule has 1 heterocycles. The Labute approximate surface area is 137 Å². The van der Waals surface area contributed by atoms with Crippen molar-refractivity contribution in [1.82, 2.24) is 0 Å². The summed E-state index contributed by atoms with van der Waals surface area (Å²) in [5.41, 5.74) is 4.09. The number of rotatable bonds is 3. The van der Waals surface area contributed by atoms with E-state index in [0.717, 1.165) is 17.5 Å². The second-order valence-corrected chi connectivity index (χ2v) is 6.63. The van der Waals surface area contributed by atoms with Gasteiger partial charge in [-0.2, -0.15) is 0 Å². The zero-order valence-electron chi connectivity index (χ0n) is 13.9. The topological polar surface area (TPSA) is 26.3 Å². The van der Waals surface area contributed by atoms with E-state index in [0.29, 0.717) is 0 Å². The number of carbonyl (C=O) groups excluding carboxylic acids is 1. The molecule has 2 aromatic rings. The normalized spacial score (nSPS) is 20.0. The van der Waals surface area contributed by atoms with Crippen LogP contribution in [0.5, 0.6) is 0 Å². The predicted octanol–water partition coefficient (Wildman–Crippen LogP) is 5.21. The van der Waals surface area contributed by atoms with E-state index in [2.05, 4.69) is 44.2 Å². The highest BCUT2D eigenvalue weighted by Gasteiger charge is 2.29. The Morgan fingerprint density at radius 2 is 1.70 bits per heavy atom. The molecule has 1 aliphatic heterocycles. The molecule has 3 rings (SSSR count). The van der Waals surface area contributed by atoms with Gasteiger partial charge in [0.2, 0.25) is 0 Å². The second-order valence-electron chi connectivity index (χ2n) is 6.63. The van der Waals surface area contributed by atoms with Crippen LogP contribution in [0.25, 0.3) is 5.57 Å². The Balaban J connectivity index is 1.90. The Morgan fingerprint density at radius 3 is 2.30 bits per heavy atom. The molecule has 118 valence electrons. The molecule has 2 heteroatoms. The molecular weight excluding hydrogens is 284 g/mol. The smallest absolute Gasteiger partial charge is 0.159 e. The van der Waals surface area contributed by atoms with Crippen molar-refractivity contribution in [3.63, 3.8) is 0 Å². The number of hydrogen-bond donors (Lipinski definition) is 0. The first kappa shape index (κ1) is 15.7. The Hall–Kier alpha value is -2.19. The van der Waals surface area contributed by atoms with Crippen molar-refractivity contribution in [3.05, 3.63) is 77.4 Å². The minimum atomic E-state index is -0.312. The molecule has 2 nitrogen and oxygen atoms in total. The van der Waals surface area contributed by atoms with E-state index < -0.39 is 0 Å². The van der Waals surface area contributed by atoms with Gasteiger partial charge in [0.25, 0.3) is 0 Å². The maximum atomic E-state index is 11.4. The number of Topliss-reactive ketones (excluding diaryl/α,β-unsaturated/α-hetero) is 1. The third-order valence-corrected chi connectivity index (χ3v) is 4.21. The van der Waals surface area contributed by atoms with Gasteiger partial charge >= 0.3 is 0 Å². The fraction of sp³-hybridized carbons (Fsp3) is 0.286. The molecule has 1 atom stereocenters. The van der Waals surface area contributed by atoms with Gasteiger partial charge in [0.15, 0.2) is 5.78 Å². The molecule has 0 aromatic heterocycles. The summed E-state index contributed by atoms with van der Waals surface area (Å²) < 4.78 is 6.25. The molecule has 0 saturated carbocycles. The van der Waals surface area contributed by atoms with Crippen molar-refractivity contribution in [1.29, 1.82) is 0 Å². The molecule has 0 amide bonds. The lowest BCUT2D eigenvalue weighted by atomic mass is 9.88. The van der Waals surface area contributed by atoms with Crippen molar-refractivity contribution in [2.24, 2.45) is 0 Å². The van der Waals surface area contributed by atoms with Gasteiger partial charge in [0.05, 0.1) is 11.7 Å². The summed E-state index contributed by atoms with van der Waals surface area (Å²) in [6.07, 6.45) is 3.06. The van der Waals surface area contributed by atoms with Crippen molar-refractivity contribution < 1.29 is 9.53 Å². The Kier molecular flexibility index (Phi) is 4.18. The Bertz CT molecular complexity index is 724. The first-order valence-electron chi connectivity index (χ1n) is 8.00. The summed E-state index contributed by atoms with van der Waals surface area (Å²) in [6.45, 7) is 5.77. The van der Waals surface area contributed by atoms with Gasteiger partial charge in [-0.25, -0.2) is 0 Å². The summed E-state index contributed by atoms with van der Waals surface area (Å²) in [5, 5.41) is 0. The van der Waals surface area contributed by atoms with Crippen molar-refractivity contribution in [2.45, 2.75) is 38.9 Å². The van der Waals surface area contributed by atoms with Crippen LogP contribution in [0.2, 0.25) is 0 Å². The van der Waals surface area contributed by atoms with E-state index in [1.165, 1.54) is 11.1 Å². The van der Waals surface area contributed by atoms with Crippen LogP contribution in [0.3, 0.4) is 0 Å². The molecule has 0 spiro atoms. The minimum absolute atomic E-state index is 0.00575. The van der Waals surface area contributed by atoms with Crippen molar-refractivity contribution in [2.75, 3.05) is 0 Å². The van der Waals surface area contributed by atoms with Gasteiger partial charge in [-0.3, -0.25) is 4.79 Å². The van der Waals surface area contributed by atoms with E-state index in [1.807, 2.05) is 30.3 Å². The largest absolute Gasteiger partial charge is 0.363 e. The van der Waals surface area contributed by atoms with E-state index in [4.69, 9.17) is 4.74 Å². The number of benzene rings is 2. The summed E-state index contributed by atoms with van der Waals surface area (Å²) in [7, 11) is 0. The zero-order chi connectivity index (χ0) is 16.4. The molecule has 23 heavy (non-hydrogen) atoms. The van der Waals surface area contributed by atoms with Gasteiger partial charge in [-0.1, -0.05) is 54.6 Å². The average Bonchev–Trinajstić information content (AvgIpc) is 2.54. The first-order chi connectivity index (χ1) is 10.9. The van der Waals surface area contributed by atoms with Gasteiger partial charge in [0, 0.05) is 12.0 Å². The van der Waals surface area contributed by atoms with E-state index in [1.54, 1.807) is 6.92 Å². The summed E-state index contributed by atoms with van der Waals surface area (Å²) in [5.74, 6) is 0.0892. The highest BCUT2D eigenvalue weighted by Crippen LogP contribution is 2.39. The molecule has 0 fully saturated rings. The van der Waals surface area contributed by atoms with E-state index >= 15 is 0 Å². The van der Waals surface area contributed by atoms with Gasteiger partial charge in [-0.05, 0) is 43.5 Å². The maximum Gasteiger partial charge on any atom is 0.159 e. The quantitative estimate of drug-likeness (QED) is 0.727. The van der Waals surface area contributed by atoms with E-state index in [-0.39, 0.29) is 17.5 Å². The molecule has 0 saturated heterocycles. The molecule has 0 radical (unpaired) electrons. The van der Waals surface area contributed by atoms with Crippen LogP contribution in [-0.4, -0.2) is 11.4 Å². The van der Waals surface area contributed by atoms with Crippen LogP contribution in [0.15, 0.2) is 60.7 Å². The molecule has 1 aliphatic rings. The lowest BCUT2D eigenvalue weighted by Crippen LogP contribution is -2.29. The van der Waals surface area contributed by atoms with Crippen LogP contribution in [0.4, 0.5) is 0 Å². The summed E-state index contributed by atoms with van der Waals surface area (Å²) in [4.78, 5) is 11.4. The van der Waals surface area contributed by atoms with Crippen LogP contribution in [0, 0.1) is 0 Å². The summed E-state index contributed by atoms with van der Waals surface area (Å²) >= 11 is 0. The number of ketones is 1. The lowest BCUT2D eigenvalue weighted by Gasteiger charge is -2.35. The Morgan fingerprint density at radius 1 is 1.04 bits per heavy atom. The third kappa shape index (κ3) is 3.59. The number of ether oxygens (including phenoxy) is 1. The highest BCUT2D eigenvalue weighted by molar-refractivity contribution is 5.94. The monoisotopic (exact) mass is 306 g/mol. The molecular formula is C21H22O2. The fourth-order valence-corrected chi connectivity index (χ4v) is 3.09. The van der Waals surface area contributed by atoms with Gasteiger partial charge in [-0.15, -0.1) is 0 Å². The van der Waals surface area contributed by atoms with E-state index in [9.17, 15) is 4.79 Å². The van der Waals surface area contributed by atoms with Crippen LogP contribution in [0.1, 0.15) is 54.8 Å². The number of hydrogen-bond acceptors (Lipinski definition) is 2. The van der Waals surface area contributed by atoms with Crippen molar-refractivity contribution in [3.8, 4) is 0 Å². The van der Waals surface area contributed by atoms with Crippen LogP contribution < -0.4 is 0 Å². The highest BCUT2D eigenvalue weighted by atomic mass is 16.5. The maximum absolute atomic E-state index is 11.4. The minimum Gasteiger partial charge on any atom is -0.363 e. The zero-order valence-corrected chi connectivity index (χ0v) is 13.9. The molecule has 1 unspecified atom stereocenters. The lowest BCUT2D eigenvalue weighted by molar-refractivity contribution is -0.0476.